The summed E-state index contributed by atoms with van der Waals surface area (Å²) in [5.41, 5.74) is 5.16. The van der Waals surface area contributed by atoms with Crippen molar-refractivity contribution in [2.75, 3.05) is 5.32 Å². The molecule has 21 heavy (non-hydrogen) atoms. The zero-order valence-corrected chi connectivity index (χ0v) is 13.8. The van der Waals surface area contributed by atoms with Crippen molar-refractivity contribution in [2.45, 2.75) is 27.3 Å². The Kier molecular flexibility index (Phi) is 4.63. The normalized spacial score (nSPS) is 10.5. The molecule has 0 aliphatic carbocycles. The maximum absolute atomic E-state index is 11.0. The van der Waals surface area contributed by atoms with Crippen LogP contribution in [0.25, 0.3) is 0 Å². The van der Waals surface area contributed by atoms with Crippen LogP contribution in [0, 0.1) is 30.9 Å². The lowest BCUT2D eigenvalue weighted by molar-refractivity contribution is -0.385. The number of halogens is 1. The summed E-state index contributed by atoms with van der Waals surface area (Å²) in [6, 6.07) is 9.50. The van der Waals surface area contributed by atoms with Gasteiger partial charge in [0.1, 0.15) is 0 Å². The number of benzene rings is 2. The van der Waals surface area contributed by atoms with Gasteiger partial charge in [-0.05, 0) is 59.5 Å². The van der Waals surface area contributed by atoms with E-state index >= 15 is 0 Å². The van der Waals surface area contributed by atoms with Crippen molar-refractivity contribution in [3.05, 3.63) is 67.2 Å². The Labute approximate surface area is 132 Å². The van der Waals surface area contributed by atoms with Crippen LogP contribution in [-0.4, -0.2) is 4.92 Å². The van der Waals surface area contributed by atoms with E-state index in [0.29, 0.717) is 12.1 Å². The van der Waals surface area contributed by atoms with Gasteiger partial charge < -0.3 is 5.32 Å². The van der Waals surface area contributed by atoms with Crippen LogP contribution in [0.5, 0.6) is 0 Å². The van der Waals surface area contributed by atoms with Crippen molar-refractivity contribution < 1.29 is 4.92 Å². The number of hydrogen-bond acceptors (Lipinski definition) is 3. The molecule has 0 aliphatic rings. The zero-order chi connectivity index (χ0) is 15.6. The number of rotatable bonds is 4. The fraction of sp³-hybridized carbons (Fsp3) is 0.250. The molecule has 0 spiro atoms. The Bertz CT molecular complexity index is 699. The Hall–Kier alpha value is -1.88. The fourth-order valence-electron chi connectivity index (χ4n) is 2.19. The van der Waals surface area contributed by atoms with Crippen LogP contribution in [-0.2, 0) is 6.54 Å². The highest BCUT2D eigenvalue weighted by molar-refractivity contribution is 9.10. The largest absolute Gasteiger partial charge is 0.380 e. The first-order valence-corrected chi connectivity index (χ1v) is 7.43. The predicted molar refractivity (Wildman–Crippen MR) is 88.8 cm³/mol. The van der Waals surface area contributed by atoms with Crippen molar-refractivity contribution in [1.82, 2.24) is 0 Å². The number of hydrogen-bond donors (Lipinski definition) is 1. The summed E-state index contributed by atoms with van der Waals surface area (Å²) in [6.45, 7) is 6.52. The quantitative estimate of drug-likeness (QED) is 0.631. The van der Waals surface area contributed by atoms with Gasteiger partial charge in [0.2, 0.25) is 0 Å². The minimum absolute atomic E-state index is 0.127. The lowest BCUT2D eigenvalue weighted by Gasteiger charge is -2.12. The molecule has 0 atom stereocenters. The van der Waals surface area contributed by atoms with Crippen LogP contribution in [0.15, 0.2) is 34.8 Å². The van der Waals surface area contributed by atoms with Gasteiger partial charge in [-0.2, -0.15) is 0 Å². The summed E-state index contributed by atoms with van der Waals surface area (Å²) in [5.74, 6) is 0. The van der Waals surface area contributed by atoms with Crippen LogP contribution < -0.4 is 5.32 Å². The highest BCUT2D eigenvalue weighted by Gasteiger charge is 2.14. The topological polar surface area (TPSA) is 55.2 Å². The molecule has 0 bridgehead atoms. The standard InChI is InChI=1S/C16H17BrN2O2/c1-10-5-4-6-13(12(10)3)9-18-15-8-16(19(20)21)11(2)7-14(15)17/h4-8,18H,9H2,1-3H3. The molecule has 2 aromatic carbocycles. The van der Waals surface area contributed by atoms with E-state index in [2.05, 4.69) is 47.2 Å². The average molecular weight is 349 g/mol. The van der Waals surface area contributed by atoms with Crippen LogP contribution in [0.2, 0.25) is 0 Å². The van der Waals surface area contributed by atoms with Crippen LogP contribution in [0.3, 0.4) is 0 Å². The third-order valence-corrected chi connectivity index (χ3v) is 4.32. The van der Waals surface area contributed by atoms with Crippen LogP contribution in [0.4, 0.5) is 11.4 Å². The molecule has 0 aromatic heterocycles. The van der Waals surface area contributed by atoms with E-state index in [0.717, 1.165) is 10.2 Å². The molecular formula is C16H17BrN2O2. The molecule has 0 saturated carbocycles. The maximum Gasteiger partial charge on any atom is 0.274 e. The van der Waals surface area contributed by atoms with Gasteiger partial charge in [-0.1, -0.05) is 18.2 Å². The summed E-state index contributed by atoms with van der Waals surface area (Å²) < 4.78 is 0.830. The molecule has 0 unspecified atom stereocenters. The highest BCUT2D eigenvalue weighted by atomic mass is 79.9. The van der Waals surface area contributed by atoms with E-state index < -0.39 is 0 Å². The summed E-state index contributed by atoms with van der Waals surface area (Å²) in [4.78, 5) is 10.7. The smallest absolute Gasteiger partial charge is 0.274 e. The first kappa shape index (κ1) is 15.5. The van der Waals surface area contributed by atoms with E-state index in [1.807, 2.05) is 6.07 Å². The molecule has 0 amide bonds. The number of nitro benzene ring substituents is 1. The van der Waals surface area contributed by atoms with Crippen molar-refractivity contribution in [3.63, 3.8) is 0 Å². The molecule has 1 N–H and O–H groups in total. The van der Waals surface area contributed by atoms with Gasteiger partial charge in [0.15, 0.2) is 0 Å². The van der Waals surface area contributed by atoms with E-state index in [9.17, 15) is 10.1 Å². The number of nitrogens with one attached hydrogen (secondary N) is 1. The Morgan fingerprint density at radius 3 is 2.57 bits per heavy atom. The Morgan fingerprint density at radius 2 is 1.90 bits per heavy atom. The minimum Gasteiger partial charge on any atom is -0.380 e. The van der Waals surface area contributed by atoms with Crippen LogP contribution >= 0.6 is 15.9 Å². The van der Waals surface area contributed by atoms with E-state index in [1.165, 1.54) is 16.7 Å². The summed E-state index contributed by atoms with van der Waals surface area (Å²) in [6.07, 6.45) is 0. The zero-order valence-electron chi connectivity index (χ0n) is 12.2. The number of anilines is 1. The van der Waals surface area contributed by atoms with Gasteiger partial charge in [-0.3, -0.25) is 10.1 Å². The highest BCUT2D eigenvalue weighted by Crippen LogP contribution is 2.31. The van der Waals surface area contributed by atoms with Crippen molar-refractivity contribution in [1.29, 1.82) is 0 Å². The third kappa shape index (κ3) is 3.42. The second kappa shape index (κ2) is 6.26. The summed E-state index contributed by atoms with van der Waals surface area (Å²) >= 11 is 3.45. The first-order valence-electron chi connectivity index (χ1n) is 6.63. The summed E-state index contributed by atoms with van der Waals surface area (Å²) in [5, 5.41) is 14.3. The molecule has 2 aromatic rings. The van der Waals surface area contributed by atoms with Gasteiger partial charge in [-0.15, -0.1) is 0 Å². The van der Waals surface area contributed by atoms with Gasteiger partial charge in [-0.25, -0.2) is 0 Å². The second-order valence-corrected chi connectivity index (χ2v) is 5.94. The van der Waals surface area contributed by atoms with Gasteiger partial charge in [0, 0.05) is 22.6 Å². The van der Waals surface area contributed by atoms with E-state index in [1.54, 1.807) is 19.1 Å². The fourth-order valence-corrected chi connectivity index (χ4v) is 2.79. The maximum atomic E-state index is 11.0. The Balaban J connectivity index is 2.26. The summed E-state index contributed by atoms with van der Waals surface area (Å²) in [7, 11) is 0. The second-order valence-electron chi connectivity index (χ2n) is 5.09. The third-order valence-electron chi connectivity index (χ3n) is 3.67. The molecule has 110 valence electrons. The van der Waals surface area contributed by atoms with Gasteiger partial charge in [0.25, 0.3) is 5.69 Å². The molecule has 4 nitrogen and oxygen atoms in total. The predicted octanol–water partition coefficient (Wildman–Crippen LogP) is 4.89. The number of nitro groups is 1. The molecule has 0 saturated heterocycles. The number of aryl methyl sites for hydroxylation is 2. The molecule has 0 radical (unpaired) electrons. The minimum atomic E-state index is -0.356. The lowest BCUT2D eigenvalue weighted by atomic mass is 10.0. The van der Waals surface area contributed by atoms with Crippen molar-refractivity contribution in [3.8, 4) is 0 Å². The average Bonchev–Trinajstić information content (AvgIpc) is 2.41. The number of nitrogens with zero attached hydrogens (tertiary/aromatic N) is 1. The molecule has 2 rings (SSSR count). The van der Waals surface area contributed by atoms with Crippen molar-refractivity contribution in [2.24, 2.45) is 0 Å². The first-order chi connectivity index (χ1) is 9.90. The Morgan fingerprint density at radius 1 is 1.19 bits per heavy atom. The molecule has 5 heteroatoms. The SMILES string of the molecule is Cc1cc(Br)c(NCc2cccc(C)c2C)cc1[N+](=O)[O-]. The van der Waals surface area contributed by atoms with Crippen molar-refractivity contribution >= 4 is 27.3 Å². The molecule has 0 fully saturated rings. The van der Waals surface area contributed by atoms with Gasteiger partial charge >= 0.3 is 0 Å². The molecule has 0 heterocycles. The molecular weight excluding hydrogens is 332 g/mol. The van der Waals surface area contributed by atoms with Gasteiger partial charge in [0.05, 0.1) is 10.6 Å². The molecule has 0 aliphatic heterocycles. The van der Waals surface area contributed by atoms with E-state index in [4.69, 9.17) is 0 Å². The monoisotopic (exact) mass is 348 g/mol. The lowest BCUT2D eigenvalue weighted by Crippen LogP contribution is -2.04. The van der Waals surface area contributed by atoms with E-state index in [-0.39, 0.29) is 10.6 Å². The van der Waals surface area contributed by atoms with Crippen LogP contribution in [0.1, 0.15) is 22.3 Å².